The smallest absolute Gasteiger partial charge is 0.253 e. The molecule has 4 heteroatoms. The number of rotatable bonds is 4. The Labute approximate surface area is 161 Å². The predicted octanol–water partition coefficient (Wildman–Crippen LogP) is 3.82. The normalized spacial score (nSPS) is 19.4. The molecule has 2 aliphatic heterocycles. The molecule has 1 amide bonds. The van der Waals surface area contributed by atoms with Crippen LogP contribution in [0, 0.1) is 5.41 Å². The largest absolute Gasteiger partial charge is 0.497 e. The van der Waals surface area contributed by atoms with Crippen LogP contribution in [0.1, 0.15) is 35.2 Å². The van der Waals surface area contributed by atoms with Crippen LogP contribution in [0.25, 0.3) is 0 Å². The van der Waals surface area contributed by atoms with E-state index in [2.05, 4.69) is 28.0 Å². The van der Waals surface area contributed by atoms with Crippen molar-refractivity contribution in [2.24, 2.45) is 5.41 Å². The molecule has 0 atom stereocenters. The van der Waals surface area contributed by atoms with Gasteiger partial charge in [0, 0.05) is 25.2 Å². The molecule has 2 aromatic rings. The van der Waals surface area contributed by atoms with E-state index in [1.54, 1.807) is 7.11 Å². The minimum atomic E-state index is 0.186. The van der Waals surface area contributed by atoms with E-state index in [0.29, 0.717) is 5.41 Å². The number of methoxy groups -OCH3 is 1. The summed E-state index contributed by atoms with van der Waals surface area (Å²) in [5, 5.41) is 0. The second-order valence-corrected chi connectivity index (χ2v) is 7.97. The molecule has 27 heavy (non-hydrogen) atoms. The van der Waals surface area contributed by atoms with Crippen molar-refractivity contribution in [1.29, 1.82) is 0 Å². The van der Waals surface area contributed by atoms with Crippen LogP contribution in [0.15, 0.2) is 54.6 Å². The van der Waals surface area contributed by atoms with Crippen molar-refractivity contribution in [3.05, 3.63) is 65.7 Å². The van der Waals surface area contributed by atoms with Crippen LogP contribution in [0.3, 0.4) is 0 Å². The molecule has 1 spiro atoms. The lowest BCUT2D eigenvalue weighted by atomic mass is 9.77. The fraction of sp³-hybridized carbons (Fsp3) is 0.435. The molecule has 2 aromatic carbocycles. The number of hydrogen-bond acceptors (Lipinski definition) is 3. The molecular formula is C23H28N2O2. The first-order valence-electron chi connectivity index (χ1n) is 9.87. The van der Waals surface area contributed by atoms with Crippen molar-refractivity contribution in [2.45, 2.75) is 25.8 Å². The quantitative estimate of drug-likeness (QED) is 0.827. The summed E-state index contributed by atoms with van der Waals surface area (Å²) < 4.78 is 5.33. The molecule has 2 fully saturated rings. The van der Waals surface area contributed by atoms with Crippen LogP contribution in [-0.4, -0.2) is 49.0 Å². The third kappa shape index (κ3) is 4.01. The minimum absolute atomic E-state index is 0.186. The number of benzene rings is 2. The molecule has 0 saturated carbocycles. The second-order valence-electron chi connectivity index (χ2n) is 7.97. The Hall–Kier alpha value is -2.33. The highest BCUT2D eigenvalue weighted by molar-refractivity contribution is 5.94. The summed E-state index contributed by atoms with van der Waals surface area (Å²) in [7, 11) is 1.71. The number of ether oxygens (including phenoxy) is 1. The van der Waals surface area contributed by atoms with Gasteiger partial charge in [0.25, 0.3) is 5.91 Å². The Morgan fingerprint density at radius 1 is 1.00 bits per heavy atom. The fourth-order valence-electron chi connectivity index (χ4n) is 4.49. The van der Waals surface area contributed by atoms with E-state index in [-0.39, 0.29) is 5.91 Å². The SMILES string of the molecule is COc1cccc(CN2CCC3(CC2)CCN(C(=O)c2ccccc2)C3)c1. The van der Waals surface area contributed by atoms with Crippen molar-refractivity contribution in [3.8, 4) is 5.75 Å². The van der Waals surface area contributed by atoms with Gasteiger partial charge < -0.3 is 9.64 Å². The van der Waals surface area contributed by atoms with E-state index in [4.69, 9.17) is 4.74 Å². The Balaban J connectivity index is 1.33. The Kier molecular flexibility index (Phi) is 5.17. The number of likely N-dealkylation sites (tertiary alicyclic amines) is 2. The summed E-state index contributed by atoms with van der Waals surface area (Å²) in [6.07, 6.45) is 3.49. The van der Waals surface area contributed by atoms with E-state index in [1.165, 1.54) is 18.4 Å². The van der Waals surface area contributed by atoms with Gasteiger partial charge in [-0.3, -0.25) is 9.69 Å². The van der Waals surface area contributed by atoms with Gasteiger partial charge in [-0.15, -0.1) is 0 Å². The number of amides is 1. The van der Waals surface area contributed by atoms with Gasteiger partial charge in [-0.1, -0.05) is 30.3 Å². The molecule has 142 valence electrons. The highest BCUT2D eigenvalue weighted by atomic mass is 16.5. The van der Waals surface area contributed by atoms with Crippen molar-refractivity contribution in [2.75, 3.05) is 33.3 Å². The number of piperidine rings is 1. The average Bonchev–Trinajstić information content (AvgIpc) is 3.14. The lowest BCUT2D eigenvalue weighted by Crippen LogP contribution is -2.41. The third-order valence-electron chi connectivity index (χ3n) is 6.20. The third-order valence-corrected chi connectivity index (χ3v) is 6.20. The Bertz CT molecular complexity index is 782. The van der Waals surface area contributed by atoms with Crippen LogP contribution in [0.5, 0.6) is 5.75 Å². The molecule has 0 bridgehead atoms. The summed E-state index contributed by atoms with van der Waals surface area (Å²) in [5.74, 6) is 1.11. The van der Waals surface area contributed by atoms with Gasteiger partial charge in [-0.05, 0) is 67.6 Å². The summed E-state index contributed by atoms with van der Waals surface area (Å²) in [6.45, 7) is 4.98. The minimum Gasteiger partial charge on any atom is -0.497 e. The molecule has 0 N–H and O–H groups in total. The maximum atomic E-state index is 12.7. The topological polar surface area (TPSA) is 32.8 Å². The van der Waals surface area contributed by atoms with Gasteiger partial charge in [-0.2, -0.15) is 0 Å². The van der Waals surface area contributed by atoms with E-state index in [1.807, 2.05) is 36.4 Å². The van der Waals surface area contributed by atoms with E-state index in [0.717, 1.165) is 50.5 Å². The van der Waals surface area contributed by atoms with Gasteiger partial charge in [0.2, 0.25) is 0 Å². The molecule has 0 radical (unpaired) electrons. The van der Waals surface area contributed by atoms with Gasteiger partial charge >= 0.3 is 0 Å². The highest BCUT2D eigenvalue weighted by Crippen LogP contribution is 2.41. The zero-order chi connectivity index (χ0) is 18.7. The average molecular weight is 364 g/mol. The van der Waals surface area contributed by atoms with Crippen molar-refractivity contribution >= 4 is 5.91 Å². The van der Waals surface area contributed by atoms with Gasteiger partial charge in [0.15, 0.2) is 0 Å². The van der Waals surface area contributed by atoms with Gasteiger partial charge in [0.05, 0.1) is 7.11 Å². The van der Waals surface area contributed by atoms with E-state index >= 15 is 0 Å². The number of nitrogens with zero attached hydrogens (tertiary/aromatic N) is 2. The summed E-state index contributed by atoms with van der Waals surface area (Å²) in [4.78, 5) is 17.3. The monoisotopic (exact) mass is 364 g/mol. The van der Waals surface area contributed by atoms with Crippen LogP contribution < -0.4 is 4.74 Å². The van der Waals surface area contributed by atoms with Crippen LogP contribution in [0.4, 0.5) is 0 Å². The maximum Gasteiger partial charge on any atom is 0.253 e. The lowest BCUT2D eigenvalue weighted by Gasteiger charge is -2.39. The van der Waals surface area contributed by atoms with E-state index in [9.17, 15) is 4.79 Å². The zero-order valence-corrected chi connectivity index (χ0v) is 16.1. The van der Waals surface area contributed by atoms with E-state index < -0.39 is 0 Å². The molecule has 0 aliphatic carbocycles. The molecule has 4 nitrogen and oxygen atoms in total. The number of carbonyl (C=O) groups is 1. The van der Waals surface area contributed by atoms with Crippen LogP contribution in [0.2, 0.25) is 0 Å². The first kappa shape index (κ1) is 18.1. The number of carbonyl (C=O) groups excluding carboxylic acids is 1. The zero-order valence-electron chi connectivity index (χ0n) is 16.1. The Morgan fingerprint density at radius 2 is 1.74 bits per heavy atom. The first-order chi connectivity index (χ1) is 13.2. The second kappa shape index (κ2) is 7.73. The van der Waals surface area contributed by atoms with Crippen LogP contribution >= 0.6 is 0 Å². The predicted molar refractivity (Wildman–Crippen MR) is 107 cm³/mol. The van der Waals surface area contributed by atoms with Gasteiger partial charge in [0.1, 0.15) is 5.75 Å². The summed E-state index contributed by atoms with van der Waals surface area (Å²) in [6, 6.07) is 18.0. The summed E-state index contributed by atoms with van der Waals surface area (Å²) >= 11 is 0. The Morgan fingerprint density at radius 3 is 2.48 bits per heavy atom. The fourth-order valence-corrected chi connectivity index (χ4v) is 4.49. The molecule has 0 aromatic heterocycles. The molecule has 4 rings (SSSR count). The molecule has 2 aliphatic rings. The van der Waals surface area contributed by atoms with Crippen molar-refractivity contribution < 1.29 is 9.53 Å². The molecule has 2 heterocycles. The molecule has 0 unspecified atom stereocenters. The number of hydrogen-bond donors (Lipinski definition) is 0. The first-order valence-corrected chi connectivity index (χ1v) is 9.87. The van der Waals surface area contributed by atoms with Gasteiger partial charge in [-0.25, -0.2) is 0 Å². The van der Waals surface area contributed by atoms with Crippen molar-refractivity contribution in [3.63, 3.8) is 0 Å². The highest BCUT2D eigenvalue weighted by Gasteiger charge is 2.42. The maximum absolute atomic E-state index is 12.7. The lowest BCUT2D eigenvalue weighted by molar-refractivity contribution is 0.0714. The molecule has 2 saturated heterocycles. The summed E-state index contributed by atoms with van der Waals surface area (Å²) in [5.41, 5.74) is 2.43. The standard InChI is InChI=1S/C23H28N2O2/c1-27-21-9-5-6-19(16-21)17-24-13-10-23(11-14-24)12-15-25(18-23)22(26)20-7-3-2-4-8-20/h2-9,16H,10-15,17-18H2,1H3. The van der Waals surface area contributed by atoms with Crippen LogP contribution in [-0.2, 0) is 6.54 Å². The molecular weight excluding hydrogens is 336 g/mol. The van der Waals surface area contributed by atoms with Crippen molar-refractivity contribution in [1.82, 2.24) is 9.80 Å².